The second-order valence-electron chi connectivity index (χ2n) is 7.71. The summed E-state index contributed by atoms with van der Waals surface area (Å²) in [5.41, 5.74) is 0.919. The molecule has 5 nitrogen and oxygen atoms in total. The Bertz CT molecular complexity index is 738. The van der Waals surface area contributed by atoms with Gasteiger partial charge in [-0.05, 0) is 50.3 Å². The number of ether oxygens (including phenoxy) is 2. The second-order valence-corrected chi connectivity index (χ2v) is 9.15. The molecule has 1 aromatic carbocycles. The highest BCUT2D eigenvalue weighted by Crippen LogP contribution is 2.48. The standard InChI is InChI=1S/C20H25FN2O3S/c1-13(14-3-5-16(21)6-4-14)22-18-23-17(24)19(2,27-18)15-7-9-20(10-8-15)25-11-12-26-20/h3-6,13,15H,7-12H2,1-2H3,(H,22,23,24)/t13-,19?/m0/s1. The molecule has 1 N–H and O–H groups in total. The van der Waals surface area contributed by atoms with E-state index in [-0.39, 0.29) is 23.7 Å². The molecule has 2 aliphatic heterocycles. The maximum absolute atomic E-state index is 13.1. The third-order valence-electron chi connectivity index (χ3n) is 5.98. The molecule has 3 fully saturated rings. The number of carbonyl (C=O) groups is 1. The zero-order valence-electron chi connectivity index (χ0n) is 15.7. The van der Waals surface area contributed by atoms with Crippen LogP contribution in [-0.2, 0) is 14.3 Å². The Morgan fingerprint density at radius 2 is 1.85 bits per heavy atom. The molecule has 1 aromatic rings. The Morgan fingerprint density at radius 3 is 2.48 bits per heavy atom. The SMILES string of the molecule is C[C@H](N=C1NC(=O)C(C)(C2CCC3(CC2)OCCO3)S1)c1ccc(F)cc1. The van der Waals surface area contributed by atoms with Gasteiger partial charge in [0.25, 0.3) is 0 Å². The van der Waals surface area contributed by atoms with E-state index in [9.17, 15) is 9.18 Å². The summed E-state index contributed by atoms with van der Waals surface area (Å²) in [6, 6.07) is 6.17. The van der Waals surface area contributed by atoms with Crippen LogP contribution in [0.5, 0.6) is 0 Å². The van der Waals surface area contributed by atoms with Gasteiger partial charge in [-0.15, -0.1) is 0 Å². The lowest BCUT2D eigenvalue weighted by molar-refractivity contribution is -0.184. The maximum atomic E-state index is 13.1. The van der Waals surface area contributed by atoms with Crippen molar-refractivity contribution in [3.63, 3.8) is 0 Å². The maximum Gasteiger partial charge on any atom is 0.242 e. The van der Waals surface area contributed by atoms with Crippen molar-refractivity contribution >= 4 is 22.8 Å². The summed E-state index contributed by atoms with van der Waals surface area (Å²) in [6.45, 7) is 5.28. The molecule has 2 heterocycles. The summed E-state index contributed by atoms with van der Waals surface area (Å²) >= 11 is 1.52. The minimum atomic E-state index is -0.526. The van der Waals surface area contributed by atoms with Crippen molar-refractivity contribution in [2.45, 2.75) is 56.1 Å². The van der Waals surface area contributed by atoms with Crippen molar-refractivity contribution in [2.75, 3.05) is 13.2 Å². The average Bonchev–Trinajstić information content (AvgIpc) is 3.21. The first kappa shape index (κ1) is 18.9. The molecule has 0 aromatic heterocycles. The van der Waals surface area contributed by atoms with Crippen LogP contribution in [0.2, 0.25) is 0 Å². The average molecular weight is 392 g/mol. The molecule has 0 radical (unpaired) electrons. The van der Waals surface area contributed by atoms with Crippen LogP contribution in [0.3, 0.4) is 0 Å². The van der Waals surface area contributed by atoms with Crippen LogP contribution in [0, 0.1) is 11.7 Å². The van der Waals surface area contributed by atoms with Crippen LogP contribution in [0.4, 0.5) is 4.39 Å². The lowest BCUT2D eigenvalue weighted by Gasteiger charge is -2.40. The molecule has 2 atom stereocenters. The van der Waals surface area contributed by atoms with Crippen LogP contribution in [0.25, 0.3) is 0 Å². The Hall–Kier alpha value is -1.44. The number of amidine groups is 1. The number of hydrogen-bond acceptors (Lipinski definition) is 5. The molecule has 1 spiro atoms. The van der Waals surface area contributed by atoms with Gasteiger partial charge in [-0.25, -0.2) is 4.39 Å². The molecule has 1 aliphatic carbocycles. The molecular weight excluding hydrogens is 367 g/mol. The van der Waals surface area contributed by atoms with Crippen LogP contribution in [-0.4, -0.2) is 34.8 Å². The van der Waals surface area contributed by atoms with E-state index in [1.807, 2.05) is 13.8 Å². The molecule has 0 bridgehead atoms. The van der Waals surface area contributed by atoms with E-state index in [0.717, 1.165) is 31.2 Å². The summed E-state index contributed by atoms with van der Waals surface area (Å²) in [5, 5.41) is 3.60. The molecule has 146 valence electrons. The molecule has 27 heavy (non-hydrogen) atoms. The van der Waals surface area contributed by atoms with E-state index in [1.165, 1.54) is 23.9 Å². The molecular formula is C20H25FN2O3S. The number of thioether (sulfide) groups is 1. The van der Waals surface area contributed by atoms with Crippen molar-refractivity contribution in [2.24, 2.45) is 10.9 Å². The van der Waals surface area contributed by atoms with Gasteiger partial charge in [0.2, 0.25) is 5.91 Å². The lowest BCUT2D eigenvalue weighted by atomic mass is 9.77. The van der Waals surface area contributed by atoms with E-state index in [2.05, 4.69) is 10.3 Å². The predicted octanol–water partition coefficient (Wildman–Crippen LogP) is 3.80. The fourth-order valence-corrected chi connectivity index (χ4v) is 5.51. The van der Waals surface area contributed by atoms with E-state index >= 15 is 0 Å². The third-order valence-corrected chi connectivity index (χ3v) is 7.33. The number of benzene rings is 1. The highest BCUT2D eigenvalue weighted by atomic mass is 32.2. The van der Waals surface area contributed by atoms with Gasteiger partial charge in [-0.1, -0.05) is 23.9 Å². The van der Waals surface area contributed by atoms with Gasteiger partial charge in [0.1, 0.15) is 10.6 Å². The normalized spacial score (nSPS) is 30.8. The first-order chi connectivity index (χ1) is 12.9. The van der Waals surface area contributed by atoms with Crippen LogP contribution in [0.1, 0.15) is 51.1 Å². The number of nitrogens with one attached hydrogen (secondary N) is 1. The van der Waals surface area contributed by atoms with E-state index in [4.69, 9.17) is 9.47 Å². The number of nitrogens with zero attached hydrogens (tertiary/aromatic N) is 1. The summed E-state index contributed by atoms with van der Waals surface area (Å²) in [5.74, 6) is -0.401. The summed E-state index contributed by atoms with van der Waals surface area (Å²) in [7, 11) is 0. The van der Waals surface area contributed by atoms with E-state index in [1.54, 1.807) is 12.1 Å². The molecule has 2 saturated heterocycles. The van der Waals surface area contributed by atoms with Crippen molar-refractivity contribution in [3.05, 3.63) is 35.6 Å². The first-order valence-corrected chi connectivity index (χ1v) is 10.3. The minimum Gasteiger partial charge on any atom is -0.348 e. The van der Waals surface area contributed by atoms with Crippen molar-refractivity contribution in [3.8, 4) is 0 Å². The van der Waals surface area contributed by atoms with Gasteiger partial charge in [0, 0.05) is 12.8 Å². The topological polar surface area (TPSA) is 59.9 Å². The van der Waals surface area contributed by atoms with Crippen LogP contribution >= 0.6 is 11.8 Å². The molecule has 1 unspecified atom stereocenters. The second kappa shape index (κ2) is 7.18. The van der Waals surface area contributed by atoms with E-state index < -0.39 is 10.5 Å². The minimum absolute atomic E-state index is 0.0202. The van der Waals surface area contributed by atoms with Gasteiger partial charge in [0.15, 0.2) is 11.0 Å². The smallest absolute Gasteiger partial charge is 0.242 e. The predicted molar refractivity (Wildman–Crippen MR) is 103 cm³/mol. The Labute approximate surface area is 163 Å². The molecule has 4 rings (SSSR count). The number of aliphatic imine (C=N–C) groups is 1. The Balaban J connectivity index is 1.44. The molecule has 1 amide bonds. The quantitative estimate of drug-likeness (QED) is 0.850. The van der Waals surface area contributed by atoms with Gasteiger partial charge in [-0.2, -0.15) is 0 Å². The Morgan fingerprint density at radius 1 is 1.22 bits per heavy atom. The number of halogens is 1. The number of amides is 1. The van der Waals surface area contributed by atoms with Crippen LogP contribution < -0.4 is 5.32 Å². The van der Waals surface area contributed by atoms with E-state index in [0.29, 0.717) is 18.4 Å². The third kappa shape index (κ3) is 3.65. The van der Waals surface area contributed by atoms with Crippen LogP contribution in [0.15, 0.2) is 29.3 Å². The fourth-order valence-electron chi connectivity index (χ4n) is 4.21. The zero-order chi connectivity index (χ0) is 19.1. The monoisotopic (exact) mass is 392 g/mol. The van der Waals surface area contributed by atoms with Gasteiger partial charge in [0.05, 0.1) is 19.3 Å². The molecule has 3 aliphatic rings. The molecule has 7 heteroatoms. The lowest BCUT2D eigenvalue weighted by Crippen LogP contribution is -2.45. The van der Waals surface area contributed by atoms with Gasteiger partial charge < -0.3 is 14.8 Å². The number of rotatable bonds is 3. The largest absolute Gasteiger partial charge is 0.348 e. The van der Waals surface area contributed by atoms with Crippen molar-refractivity contribution in [1.82, 2.24) is 5.32 Å². The highest BCUT2D eigenvalue weighted by molar-refractivity contribution is 8.16. The van der Waals surface area contributed by atoms with Crippen molar-refractivity contribution < 1.29 is 18.7 Å². The summed E-state index contributed by atoms with van der Waals surface area (Å²) in [4.78, 5) is 17.4. The van der Waals surface area contributed by atoms with Crippen molar-refractivity contribution in [1.29, 1.82) is 0 Å². The Kier molecular flexibility index (Phi) is 5.03. The molecule has 1 saturated carbocycles. The zero-order valence-corrected chi connectivity index (χ0v) is 16.5. The van der Waals surface area contributed by atoms with Gasteiger partial charge in [-0.3, -0.25) is 9.79 Å². The summed E-state index contributed by atoms with van der Waals surface area (Å²) < 4.78 is 24.2. The highest BCUT2D eigenvalue weighted by Gasteiger charge is 2.52. The number of hydrogen-bond donors (Lipinski definition) is 1. The number of carbonyl (C=O) groups excluding carboxylic acids is 1. The first-order valence-electron chi connectivity index (χ1n) is 9.52. The van der Waals surface area contributed by atoms with Gasteiger partial charge >= 0.3 is 0 Å². The summed E-state index contributed by atoms with van der Waals surface area (Å²) in [6.07, 6.45) is 3.47. The fraction of sp³-hybridized carbons (Fsp3) is 0.600.